The summed E-state index contributed by atoms with van der Waals surface area (Å²) in [7, 11) is 1.99. The molecule has 1 fully saturated rings. The van der Waals surface area contributed by atoms with Gasteiger partial charge in [-0.1, -0.05) is 0 Å². The highest BCUT2D eigenvalue weighted by atomic mass is 16.5. The van der Waals surface area contributed by atoms with Gasteiger partial charge in [-0.3, -0.25) is 0 Å². The predicted molar refractivity (Wildman–Crippen MR) is 75.8 cm³/mol. The van der Waals surface area contributed by atoms with Crippen LogP contribution >= 0.6 is 0 Å². The second-order valence-corrected chi connectivity index (χ2v) is 4.73. The van der Waals surface area contributed by atoms with Crippen molar-refractivity contribution in [2.24, 2.45) is 0 Å². The lowest BCUT2D eigenvalue weighted by Gasteiger charge is -2.28. The molecule has 0 aliphatic carbocycles. The zero-order chi connectivity index (χ0) is 13.8. The molecule has 3 rings (SSSR count). The smallest absolute Gasteiger partial charge is 0.134 e. The van der Waals surface area contributed by atoms with Gasteiger partial charge in [-0.05, 0) is 0 Å². The van der Waals surface area contributed by atoms with Crippen molar-refractivity contribution >= 4 is 11.6 Å². The van der Waals surface area contributed by atoms with Crippen LogP contribution in [-0.2, 0) is 11.3 Å². The lowest BCUT2D eigenvalue weighted by atomic mass is 10.4. The minimum atomic E-state index is 0.687. The van der Waals surface area contributed by atoms with Gasteiger partial charge in [0, 0.05) is 38.6 Å². The van der Waals surface area contributed by atoms with Crippen LogP contribution in [-0.4, -0.2) is 53.3 Å². The van der Waals surface area contributed by atoms with E-state index in [4.69, 9.17) is 4.74 Å². The van der Waals surface area contributed by atoms with Crippen LogP contribution in [0.2, 0.25) is 0 Å². The number of nitrogens with zero attached hydrogens (tertiary/aromatic N) is 5. The van der Waals surface area contributed by atoms with E-state index in [-0.39, 0.29) is 0 Å². The molecule has 1 aliphatic heterocycles. The molecule has 7 nitrogen and oxygen atoms in total. The molecule has 0 atom stereocenters. The lowest BCUT2D eigenvalue weighted by Crippen LogP contribution is -2.36. The van der Waals surface area contributed by atoms with E-state index in [1.165, 1.54) is 0 Å². The summed E-state index contributed by atoms with van der Waals surface area (Å²) in [6, 6.07) is 2.01. The SMILES string of the molecule is CN(Cc1ncc[nH]1)c1cc(N2CCOCC2)ncn1. The van der Waals surface area contributed by atoms with Crippen LogP contribution in [0.4, 0.5) is 11.6 Å². The standard InChI is InChI=1S/C13H18N6O/c1-18(9-11-14-2-3-15-11)12-8-13(17-10-16-12)19-4-6-20-7-5-19/h2-3,8,10H,4-7,9H2,1H3,(H,14,15). The van der Waals surface area contributed by atoms with Crippen molar-refractivity contribution in [3.63, 3.8) is 0 Å². The summed E-state index contributed by atoms with van der Waals surface area (Å²) >= 11 is 0. The highest BCUT2D eigenvalue weighted by molar-refractivity contribution is 5.49. The quantitative estimate of drug-likeness (QED) is 0.884. The lowest BCUT2D eigenvalue weighted by molar-refractivity contribution is 0.122. The number of rotatable bonds is 4. The normalized spacial score (nSPS) is 15.3. The molecular weight excluding hydrogens is 256 g/mol. The van der Waals surface area contributed by atoms with E-state index >= 15 is 0 Å². The summed E-state index contributed by atoms with van der Waals surface area (Å²) in [6.07, 6.45) is 5.18. The van der Waals surface area contributed by atoms with Gasteiger partial charge in [-0.15, -0.1) is 0 Å². The Morgan fingerprint density at radius 1 is 1.30 bits per heavy atom. The van der Waals surface area contributed by atoms with Crippen molar-refractivity contribution in [1.29, 1.82) is 0 Å². The third-order valence-electron chi connectivity index (χ3n) is 3.31. The predicted octanol–water partition coefficient (Wildman–Crippen LogP) is 0.673. The van der Waals surface area contributed by atoms with Crippen LogP contribution in [0.5, 0.6) is 0 Å². The molecule has 0 spiro atoms. The van der Waals surface area contributed by atoms with E-state index in [0.717, 1.165) is 43.8 Å². The molecule has 3 heterocycles. The van der Waals surface area contributed by atoms with Gasteiger partial charge in [-0.25, -0.2) is 15.0 Å². The molecule has 0 radical (unpaired) electrons. The first-order valence-electron chi connectivity index (χ1n) is 6.67. The number of anilines is 2. The van der Waals surface area contributed by atoms with E-state index in [9.17, 15) is 0 Å². The van der Waals surface area contributed by atoms with Gasteiger partial charge >= 0.3 is 0 Å². The topological polar surface area (TPSA) is 70.2 Å². The number of hydrogen-bond donors (Lipinski definition) is 1. The van der Waals surface area contributed by atoms with Gasteiger partial charge in [0.25, 0.3) is 0 Å². The molecule has 1 N–H and O–H groups in total. The van der Waals surface area contributed by atoms with Crippen molar-refractivity contribution in [2.75, 3.05) is 43.2 Å². The highest BCUT2D eigenvalue weighted by Crippen LogP contribution is 2.18. The maximum atomic E-state index is 5.36. The number of ether oxygens (including phenoxy) is 1. The Kier molecular flexibility index (Phi) is 3.78. The number of hydrogen-bond acceptors (Lipinski definition) is 6. The maximum absolute atomic E-state index is 5.36. The van der Waals surface area contributed by atoms with Crippen LogP contribution < -0.4 is 9.80 Å². The molecule has 1 saturated heterocycles. The molecule has 2 aromatic heterocycles. The molecule has 0 saturated carbocycles. The van der Waals surface area contributed by atoms with E-state index in [2.05, 4.69) is 24.8 Å². The molecule has 2 aromatic rings. The minimum Gasteiger partial charge on any atom is -0.378 e. The van der Waals surface area contributed by atoms with Crippen LogP contribution in [0, 0.1) is 0 Å². The fourth-order valence-corrected chi connectivity index (χ4v) is 2.20. The van der Waals surface area contributed by atoms with Gasteiger partial charge in [0.15, 0.2) is 0 Å². The second-order valence-electron chi connectivity index (χ2n) is 4.73. The van der Waals surface area contributed by atoms with E-state index in [1.807, 2.05) is 24.2 Å². The molecule has 0 amide bonds. The largest absolute Gasteiger partial charge is 0.378 e. The number of H-pyrrole nitrogens is 1. The van der Waals surface area contributed by atoms with Gasteiger partial charge < -0.3 is 19.5 Å². The third kappa shape index (κ3) is 2.88. The monoisotopic (exact) mass is 274 g/mol. The maximum Gasteiger partial charge on any atom is 0.134 e. The minimum absolute atomic E-state index is 0.687. The Morgan fingerprint density at radius 3 is 2.90 bits per heavy atom. The Bertz CT molecular complexity index is 538. The number of aromatic nitrogens is 4. The summed E-state index contributed by atoms with van der Waals surface area (Å²) in [5, 5.41) is 0. The molecule has 106 valence electrons. The number of morpholine rings is 1. The van der Waals surface area contributed by atoms with Crippen molar-refractivity contribution in [2.45, 2.75) is 6.54 Å². The van der Waals surface area contributed by atoms with E-state index in [0.29, 0.717) is 6.54 Å². The summed E-state index contributed by atoms with van der Waals surface area (Å²) in [5.74, 6) is 2.75. The van der Waals surface area contributed by atoms with Crippen LogP contribution in [0.25, 0.3) is 0 Å². The number of nitrogens with one attached hydrogen (secondary N) is 1. The molecule has 20 heavy (non-hydrogen) atoms. The van der Waals surface area contributed by atoms with E-state index in [1.54, 1.807) is 12.5 Å². The zero-order valence-corrected chi connectivity index (χ0v) is 11.5. The first-order chi connectivity index (χ1) is 9.83. The molecule has 0 bridgehead atoms. The fraction of sp³-hybridized carbons (Fsp3) is 0.462. The Balaban J connectivity index is 1.72. The fourth-order valence-electron chi connectivity index (χ4n) is 2.20. The molecule has 0 unspecified atom stereocenters. The molecule has 0 aromatic carbocycles. The van der Waals surface area contributed by atoms with Gasteiger partial charge in [0.1, 0.15) is 23.8 Å². The zero-order valence-electron chi connectivity index (χ0n) is 11.5. The highest BCUT2D eigenvalue weighted by Gasteiger charge is 2.14. The molecule has 7 heteroatoms. The third-order valence-corrected chi connectivity index (χ3v) is 3.31. The summed E-state index contributed by atoms with van der Waals surface area (Å²) in [5.41, 5.74) is 0. The Hall–Kier alpha value is -2.15. The van der Waals surface area contributed by atoms with Crippen molar-refractivity contribution in [1.82, 2.24) is 19.9 Å². The Labute approximate surface area is 117 Å². The average molecular weight is 274 g/mol. The van der Waals surface area contributed by atoms with Crippen LogP contribution in [0.3, 0.4) is 0 Å². The van der Waals surface area contributed by atoms with Gasteiger partial charge in [-0.2, -0.15) is 0 Å². The first-order valence-corrected chi connectivity index (χ1v) is 6.67. The van der Waals surface area contributed by atoms with Crippen molar-refractivity contribution < 1.29 is 4.74 Å². The average Bonchev–Trinajstić information content (AvgIpc) is 3.01. The van der Waals surface area contributed by atoms with Crippen LogP contribution in [0.1, 0.15) is 5.82 Å². The van der Waals surface area contributed by atoms with Crippen molar-refractivity contribution in [3.8, 4) is 0 Å². The van der Waals surface area contributed by atoms with Crippen LogP contribution in [0.15, 0.2) is 24.8 Å². The number of imidazole rings is 1. The van der Waals surface area contributed by atoms with Crippen molar-refractivity contribution in [3.05, 3.63) is 30.6 Å². The summed E-state index contributed by atoms with van der Waals surface area (Å²) < 4.78 is 5.36. The van der Waals surface area contributed by atoms with Gasteiger partial charge in [0.2, 0.25) is 0 Å². The Morgan fingerprint density at radius 2 is 2.15 bits per heavy atom. The van der Waals surface area contributed by atoms with Gasteiger partial charge in [0.05, 0.1) is 19.8 Å². The number of aromatic amines is 1. The first kappa shape index (κ1) is 12.9. The molecular formula is C13H18N6O. The summed E-state index contributed by atoms with van der Waals surface area (Å²) in [6.45, 7) is 3.94. The summed E-state index contributed by atoms with van der Waals surface area (Å²) in [4.78, 5) is 20.3. The molecule has 1 aliphatic rings. The van der Waals surface area contributed by atoms with E-state index < -0.39 is 0 Å². The second kappa shape index (κ2) is 5.87.